The maximum absolute atomic E-state index is 12.2. The number of carbonyl (C=O) groups is 1. The van der Waals surface area contributed by atoms with E-state index in [-0.39, 0.29) is 16.7 Å². The number of nitrogens with two attached hydrogens (primary N) is 1. The Morgan fingerprint density at radius 3 is 2.52 bits per heavy atom. The first-order valence-electron chi connectivity index (χ1n) is 7.14. The zero-order valence-electron chi connectivity index (χ0n) is 12.3. The first-order chi connectivity index (χ1) is 9.82. The molecule has 1 fully saturated rings. The van der Waals surface area contributed by atoms with Gasteiger partial charge in [0.15, 0.2) is 5.69 Å². The summed E-state index contributed by atoms with van der Waals surface area (Å²) in [5.41, 5.74) is 0.0784. The molecule has 0 bridgehead atoms. The van der Waals surface area contributed by atoms with Crippen LogP contribution < -0.4 is 5.14 Å². The van der Waals surface area contributed by atoms with Gasteiger partial charge in [0.2, 0.25) is 10.0 Å². The van der Waals surface area contributed by atoms with Crippen molar-refractivity contribution in [3.8, 4) is 0 Å². The van der Waals surface area contributed by atoms with Crippen molar-refractivity contribution < 1.29 is 17.9 Å². The summed E-state index contributed by atoms with van der Waals surface area (Å²) < 4.78 is 28.7. The van der Waals surface area contributed by atoms with Gasteiger partial charge in [0, 0.05) is 0 Å². The molecule has 1 saturated carbocycles. The summed E-state index contributed by atoms with van der Waals surface area (Å²) in [5.74, 6) is -0.0912. The average Bonchev–Trinajstić information content (AvgIpc) is 2.85. The summed E-state index contributed by atoms with van der Waals surface area (Å²) in [7, 11) is -4.02. The number of nitrogens with zero attached hydrogens (tertiary/aromatic N) is 1. The number of hydrogen-bond donors (Lipinski definition) is 2. The molecule has 8 heteroatoms. The molecular formula is C13H21N3O4S. The van der Waals surface area contributed by atoms with Crippen LogP contribution in [0.3, 0.4) is 0 Å². The van der Waals surface area contributed by atoms with Crippen LogP contribution >= 0.6 is 0 Å². The predicted octanol–water partition coefficient (Wildman–Crippen LogP) is 1.35. The number of nitrogens with one attached hydrogen (secondary N) is 1. The van der Waals surface area contributed by atoms with Crippen molar-refractivity contribution in [1.82, 2.24) is 10.2 Å². The van der Waals surface area contributed by atoms with Gasteiger partial charge < -0.3 is 4.74 Å². The van der Waals surface area contributed by atoms with E-state index in [0.29, 0.717) is 18.0 Å². The fourth-order valence-corrected chi connectivity index (χ4v) is 3.54. The number of hydrogen-bond acceptors (Lipinski definition) is 5. The van der Waals surface area contributed by atoms with Gasteiger partial charge in [0.05, 0.1) is 5.69 Å². The maximum Gasteiger partial charge on any atom is 0.360 e. The van der Waals surface area contributed by atoms with E-state index in [2.05, 4.69) is 17.1 Å². The Bertz CT molecular complexity index is 615. The molecule has 21 heavy (non-hydrogen) atoms. The lowest BCUT2D eigenvalue weighted by atomic mass is 9.89. The molecule has 0 aromatic carbocycles. The molecule has 0 amide bonds. The van der Waals surface area contributed by atoms with E-state index in [1.165, 1.54) is 0 Å². The van der Waals surface area contributed by atoms with Crippen molar-refractivity contribution >= 4 is 16.0 Å². The van der Waals surface area contributed by atoms with Crippen molar-refractivity contribution in [3.63, 3.8) is 0 Å². The van der Waals surface area contributed by atoms with Gasteiger partial charge >= 0.3 is 5.97 Å². The minimum Gasteiger partial charge on any atom is -0.458 e. The van der Waals surface area contributed by atoms with E-state index in [9.17, 15) is 13.2 Å². The van der Waals surface area contributed by atoms with Crippen LogP contribution in [0.1, 0.15) is 55.7 Å². The number of aromatic amines is 1. The van der Waals surface area contributed by atoms with E-state index in [1.54, 1.807) is 6.92 Å². The smallest absolute Gasteiger partial charge is 0.360 e. The second-order valence-electron chi connectivity index (χ2n) is 5.57. The fraction of sp³-hybridized carbons (Fsp3) is 0.692. The van der Waals surface area contributed by atoms with Gasteiger partial charge in [-0.15, -0.1) is 0 Å². The molecular weight excluding hydrogens is 294 g/mol. The normalized spacial score (nSPS) is 23.0. The second-order valence-corrected chi connectivity index (χ2v) is 7.06. The number of carbonyl (C=O) groups excluding carboxylic acids is 1. The third-order valence-corrected chi connectivity index (χ3v) is 4.87. The Hall–Kier alpha value is -1.41. The molecule has 118 valence electrons. The van der Waals surface area contributed by atoms with Crippen LogP contribution in [-0.4, -0.2) is 30.7 Å². The summed E-state index contributed by atoms with van der Waals surface area (Å²) in [6, 6.07) is 0. The van der Waals surface area contributed by atoms with Crippen LogP contribution in [0.4, 0.5) is 0 Å². The van der Waals surface area contributed by atoms with Crippen LogP contribution in [0.25, 0.3) is 0 Å². The monoisotopic (exact) mass is 315 g/mol. The Kier molecular flexibility index (Phi) is 4.67. The number of aromatic nitrogens is 2. The minimum atomic E-state index is -4.02. The lowest BCUT2D eigenvalue weighted by molar-refractivity contribution is 0.0163. The largest absolute Gasteiger partial charge is 0.458 e. The van der Waals surface area contributed by atoms with Crippen LogP contribution in [0.5, 0.6) is 0 Å². The molecule has 0 spiro atoms. The minimum absolute atomic E-state index is 0.177. The van der Waals surface area contributed by atoms with Gasteiger partial charge in [0.25, 0.3) is 0 Å². The highest BCUT2D eigenvalue weighted by atomic mass is 32.2. The van der Waals surface area contributed by atoms with Crippen molar-refractivity contribution in [2.45, 2.75) is 57.0 Å². The van der Waals surface area contributed by atoms with Crippen molar-refractivity contribution in [1.29, 1.82) is 0 Å². The van der Waals surface area contributed by atoms with E-state index in [4.69, 9.17) is 9.88 Å². The number of rotatable bonds is 4. The molecule has 1 aromatic heterocycles. The van der Waals surface area contributed by atoms with Gasteiger partial charge in [-0.2, -0.15) is 5.10 Å². The van der Waals surface area contributed by atoms with Gasteiger partial charge in [-0.25, -0.2) is 18.4 Å². The second kappa shape index (κ2) is 6.15. The molecule has 1 aliphatic carbocycles. The summed E-state index contributed by atoms with van der Waals surface area (Å²) in [6.45, 7) is 3.91. The van der Waals surface area contributed by atoms with Crippen LogP contribution in [0.2, 0.25) is 0 Å². The Morgan fingerprint density at radius 1 is 1.38 bits per heavy atom. The maximum atomic E-state index is 12.2. The van der Waals surface area contributed by atoms with E-state index >= 15 is 0 Å². The van der Waals surface area contributed by atoms with Crippen molar-refractivity contribution in [3.05, 3.63) is 11.4 Å². The lowest BCUT2D eigenvalue weighted by Gasteiger charge is -2.25. The van der Waals surface area contributed by atoms with Crippen LogP contribution in [0.15, 0.2) is 4.90 Å². The summed E-state index contributed by atoms with van der Waals surface area (Å²) >= 11 is 0. The highest BCUT2D eigenvalue weighted by Gasteiger charge is 2.30. The molecule has 0 atom stereocenters. The highest BCUT2D eigenvalue weighted by Crippen LogP contribution is 2.27. The van der Waals surface area contributed by atoms with Crippen LogP contribution in [0, 0.1) is 5.92 Å². The summed E-state index contributed by atoms with van der Waals surface area (Å²) in [4.78, 5) is 11.9. The zero-order chi connectivity index (χ0) is 15.6. The topological polar surface area (TPSA) is 115 Å². The molecule has 1 aliphatic rings. The molecule has 7 nitrogen and oxygen atoms in total. The number of H-pyrrole nitrogens is 1. The predicted molar refractivity (Wildman–Crippen MR) is 76.2 cm³/mol. The first kappa shape index (κ1) is 16.0. The number of primary sulfonamides is 1. The van der Waals surface area contributed by atoms with Gasteiger partial charge in [-0.3, -0.25) is 5.10 Å². The number of sulfonamides is 1. The number of aryl methyl sites for hydroxylation is 1. The fourth-order valence-electron chi connectivity index (χ4n) is 2.61. The quantitative estimate of drug-likeness (QED) is 0.814. The number of ether oxygens (including phenoxy) is 1. The van der Waals surface area contributed by atoms with Gasteiger partial charge in [0.1, 0.15) is 11.0 Å². The zero-order valence-corrected chi connectivity index (χ0v) is 13.1. The van der Waals surface area contributed by atoms with Crippen molar-refractivity contribution in [2.75, 3.05) is 0 Å². The molecule has 1 heterocycles. The standard InChI is InChI=1S/C13H21N3O4S/c1-3-10-12(21(14,18)19)11(16-15-10)13(17)20-9-6-4-8(2)5-7-9/h8-9H,3-7H2,1-2H3,(H,15,16)(H2,14,18,19). The summed E-state index contributed by atoms with van der Waals surface area (Å²) in [5, 5.41) is 11.5. The SMILES string of the molecule is CCc1[nH]nc(C(=O)OC2CCC(C)CC2)c1S(N)(=O)=O. The highest BCUT2D eigenvalue weighted by molar-refractivity contribution is 7.89. The van der Waals surface area contributed by atoms with Gasteiger partial charge in [-0.1, -0.05) is 13.8 Å². The summed E-state index contributed by atoms with van der Waals surface area (Å²) in [6.07, 6.45) is 3.80. The Morgan fingerprint density at radius 2 is 2.00 bits per heavy atom. The van der Waals surface area contributed by atoms with E-state index < -0.39 is 16.0 Å². The molecule has 0 saturated heterocycles. The van der Waals surface area contributed by atoms with Gasteiger partial charge in [-0.05, 0) is 38.0 Å². The molecule has 0 aliphatic heterocycles. The first-order valence-corrected chi connectivity index (χ1v) is 8.68. The van der Waals surface area contributed by atoms with E-state index in [0.717, 1.165) is 25.7 Å². The molecule has 0 radical (unpaired) electrons. The third kappa shape index (κ3) is 3.62. The number of esters is 1. The average molecular weight is 315 g/mol. The lowest BCUT2D eigenvalue weighted by Crippen LogP contribution is -2.25. The Balaban J connectivity index is 2.18. The van der Waals surface area contributed by atoms with E-state index in [1.807, 2.05) is 0 Å². The van der Waals surface area contributed by atoms with Crippen LogP contribution in [-0.2, 0) is 21.2 Å². The molecule has 0 unspecified atom stereocenters. The Labute approximate surface area is 124 Å². The molecule has 1 aromatic rings. The third-order valence-electron chi connectivity index (χ3n) is 3.86. The molecule has 3 N–H and O–H groups in total. The molecule has 2 rings (SSSR count). The van der Waals surface area contributed by atoms with Crippen molar-refractivity contribution in [2.24, 2.45) is 11.1 Å².